The molecular weight excluding hydrogens is 227 g/mol. The fourth-order valence-electron chi connectivity index (χ4n) is 1.70. The Morgan fingerprint density at radius 1 is 1.41 bits per heavy atom. The van der Waals surface area contributed by atoms with E-state index in [4.69, 9.17) is 9.47 Å². The summed E-state index contributed by atoms with van der Waals surface area (Å²) in [5.74, 6) is -2.11. The lowest BCUT2D eigenvalue weighted by atomic mass is 9.93. The van der Waals surface area contributed by atoms with Crippen LogP contribution in [0.5, 0.6) is 0 Å². The number of Topliss-reactive ketones (excluding diaryl/α,β-unsaturated/α-hetero) is 1. The molecule has 0 aromatic heterocycles. The molecule has 1 aliphatic heterocycles. The minimum Gasteiger partial charge on any atom is -0.463 e. The molecule has 1 saturated heterocycles. The van der Waals surface area contributed by atoms with Crippen LogP contribution in [0.25, 0.3) is 0 Å². The summed E-state index contributed by atoms with van der Waals surface area (Å²) in [6, 6.07) is 0. The summed E-state index contributed by atoms with van der Waals surface area (Å²) in [5, 5.41) is 0. The van der Waals surface area contributed by atoms with Crippen molar-refractivity contribution in [3.8, 4) is 0 Å². The van der Waals surface area contributed by atoms with Crippen LogP contribution in [-0.2, 0) is 19.1 Å². The van der Waals surface area contributed by atoms with Crippen LogP contribution >= 0.6 is 0 Å². The van der Waals surface area contributed by atoms with E-state index in [2.05, 4.69) is 0 Å². The van der Waals surface area contributed by atoms with Crippen LogP contribution < -0.4 is 0 Å². The summed E-state index contributed by atoms with van der Waals surface area (Å²) in [6.07, 6.45) is 0.389. The van der Waals surface area contributed by atoms with Crippen molar-refractivity contribution in [3.05, 3.63) is 0 Å². The van der Waals surface area contributed by atoms with Crippen LogP contribution in [0.1, 0.15) is 32.6 Å². The fourth-order valence-corrected chi connectivity index (χ4v) is 1.70. The summed E-state index contributed by atoms with van der Waals surface area (Å²) < 4.78 is 23.3. The molecule has 0 saturated carbocycles. The third kappa shape index (κ3) is 4.42. The van der Waals surface area contributed by atoms with E-state index in [1.165, 1.54) is 0 Å². The van der Waals surface area contributed by atoms with Crippen molar-refractivity contribution in [1.29, 1.82) is 0 Å². The van der Waals surface area contributed by atoms with Crippen molar-refractivity contribution in [1.82, 2.24) is 0 Å². The number of ether oxygens (including phenoxy) is 2. The highest BCUT2D eigenvalue weighted by atomic mass is 19.1. The van der Waals surface area contributed by atoms with Gasteiger partial charge in [-0.25, -0.2) is 9.18 Å². The van der Waals surface area contributed by atoms with Gasteiger partial charge in [0.1, 0.15) is 0 Å². The number of esters is 1. The number of rotatable bonds is 6. The Kier molecular flexibility index (Phi) is 6.11. The fraction of sp³-hybridized carbons (Fsp3) is 0.833. The Hall–Kier alpha value is -0.970. The highest BCUT2D eigenvalue weighted by molar-refractivity contribution is 6.02. The average Bonchev–Trinajstić information content (AvgIpc) is 2.38. The van der Waals surface area contributed by atoms with E-state index < -0.39 is 23.8 Å². The predicted molar refractivity (Wildman–Crippen MR) is 59.3 cm³/mol. The van der Waals surface area contributed by atoms with E-state index in [1.54, 1.807) is 0 Å². The maximum atomic E-state index is 13.5. The first-order chi connectivity index (χ1) is 8.16. The molecule has 1 aliphatic rings. The second-order valence-corrected chi connectivity index (χ2v) is 4.17. The zero-order valence-electron chi connectivity index (χ0n) is 10.1. The van der Waals surface area contributed by atoms with E-state index >= 15 is 0 Å². The van der Waals surface area contributed by atoms with E-state index in [0.717, 1.165) is 6.42 Å². The first-order valence-electron chi connectivity index (χ1n) is 6.09. The maximum absolute atomic E-state index is 13.5. The van der Waals surface area contributed by atoms with Crippen LogP contribution in [0.3, 0.4) is 0 Å². The number of carbonyl (C=O) groups excluding carboxylic acids is 2. The molecule has 1 heterocycles. The molecule has 5 heteroatoms. The number of hydrogen-bond donors (Lipinski definition) is 0. The third-order valence-corrected chi connectivity index (χ3v) is 2.82. The molecule has 1 rings (SSSR count). The van der Waals surface area contributed by atoms with Gasteiger partial charge in [-0.2, -0.15) is 0 Å². The van der Waals surface area contributed by atoms with Crippen LogP contribution in [0.2, 0.25) is 0 Å². The van der Waals surface area contributed by atoms with Crippen LogP contribution in [0.15, 0.2) is 0 Å². The Balaban J connectivity index is 2.36. The second kappa shape index (κ2) is 7.37. The smallest absolute Gasteiger partial charge is 0.348 e. The lowest BCUT2D eigenvalue weighted by Gasteiger charge is -2.21. The molecular formula is C12H19FO4. The largest absolute Gasteiger partial charge is 0.463 e. The highest BCUT2D eigenvalue weighted by Gasteiger charge is 2.34. The Morgan fingerprint density at radius 3 is 2.65 bits per heavy atom. The molecule has 0 radical (unpaired) electrons. The van der Waals surface area contributed by atoms with E-state index in [0.29, 0.717) is 32.5 Å². The zero-order chi connectivity index (χ0) is 12.7. The Bertz CT molecular complexity index is 261. The maximum Gasteiger partial charge on any atom is 0.348 e. The summed E-state index contributed by atoms with van der Waals surface area (Å²) >= 11 is 0. The molecule has 0 aliphatic carbocycles. The van der Waals surface area contributed by atoms with Gasteiger partial charge in [-0.1, -0.05) is 13.3 Å². The van der Waals surface area contributed by atoms with Gasteiger partial charge in [0.05, 0.1) is 6.61 Å². The Labute approximate surface area is 100 Å². The van der Waals surface area contributed by atoms with Crippen molar-refractivity contribution in [2.45, 2.75) is 38.8 Å². The van der Waals surface area contributed by atoms with Crippen molar-refractivity contribution < 1.29 is 23.5 Å². The van der Waals surface area contributed by atoms with Gasteiger partial charge in [-0.3, -0.25) is 4.79 Å². The standard InChI is InChI=1S/C12H19FO4/c1-2-3-6-17-12(15)10(13)11(14)9-4-7-16-8-5-9/h9-10H,2-8H2,1H3. The van der Waals surface area contributed by atoms with Crippen molar-refractivity contribution in [2.75, 3.05) is 19.8 Å². The minimum absolute atomic E-state index is 0.177. The molecule has 0 aromatic carbocycles. The number of carbonyl (C=O) groups is 2. The SMILES string of the molecule is CCCCOC(=O)C(F)C(=O)C1CCOCC1. The first kappa shape index (κ1) is 14.1. The van der Waals surface area contributed by atoms with Gasteiger partial charge >= 0.3 is 5.97 Å². The minimum atomic E-state index is -2.13. The monoisotopic (exact) mass is 246 g/mol. The molecule has 0 amide bonds. The number of alkyl halides is 1. The molecule has 0 bridgehead atoms. The normalized spacial score (nSPS) is 18.7. The topological polar surface area (TPSA) is 52.6 Å². The summed E-state index contributed by atoms with van der Waals surface area (Å²) in [5.41, 5.74) is 0. The van der Waals surface area contributed by atoms with Crippen molar-refractivity contribution >= 4 is 11.8 Å². The summed E-state index contributed by atoms with van der Waals surface area (Å²) in [4.78, 5) is 22.9. The number of ketones is 1. The third-order valence-electron chi connectivity index (χ3n) is 2.82. The lowest BCUT2D eigenvalue weighted by Crippen LogP contribution is -2.35. The summed E-state index contributed by atoms with van der Waals surface area (Å²) in [6.45, 7) is 3.02. The van der Waals surface area contributed by atoms with E-state index in [1.807, 2.05) is 6.92 Å². The van der Waals surface area contributed by atoms with Gasteiger partial charge in [0.15, 0.2) is 5.78 Å². The zero-order valence-corrected chi connectivity index (χ0v) is 10.1. The molecule has 17 heavy (non-hydrogen) atoms. The van der Waals surface area contributed by atoms with Gasteiger partial charge in [0.25, 0.3) is 6.17 Å². The highest BCUT2D eigenvalue weighted by Crippen LogP contribution is 2.19. The Morgan fingerprint density at radius 2 is 2.06 bits per heavy atom. The van der Waals surface area contributed by atoms with Gasteiger partial charge in [-0.15, -0.1) is 0 Å². The van der Waals surface area contributed by atoms with Gasteiger partial charge < -0.3 is 9.47 Å². The van der Waals surface area contributed by atoms with Gasteiger partial charge in [-0.05, 0) is 19.3 Å². The van der Waals surface area contributed by atoms with Crippen LogP contribution in [-0.4, -0.2) is 37.7 Å². The van der Waals surface area contributed by atoms with Crippen molar-refractivity contribution in [2.24, 2.45) is 5.92 Å². The molecule has 1 fully saturated rings. The molecule has 0 N–H and O–H groups in total. The van der Waals surface area contributed by atoms with Gasteiger partial charge in [0, 0.05) is 19.1 Å². The average molecular weight is 246 g/mol. The lowest BCUT2D eigenvalue weighted by molar-refractivity contribution is -0.155. The predicted octanol–water partition coefficient (Wildman–Crippen LogP) is 1.66. The molecule has 4 nitrogen and oxygen atoms in total. The first-order valence-corrected chi connectivity index (χ1v) is 6.09. The second-order valence-electron chi connectivity index (χ2n) is 4.17. The van der Waals surface area contributed by atoms with Crippen LogP contribution in [0.4, 0.5) is 4.39 Å². The quantitative estimate of drug-likeness (QED) is 0.406. The van der Waals surface area contributed by atoms with E-state index in [-0.39, 0.29) is 6.61 Å². The summed E-state index contributed by atoms with van der Waals surface area (Å²) in [7, 11) is 0. The molecule has 98 valence electrons. The molecule has 0 spiro atoms. The molecule has 0 aromatic rings. The molecule has 1 unspecified atom stereocenters. The van der Waals surface area contributed by atoms with Crippen molar-refractivity contribution in [3.63, 3.8) is 0 Å². The van der Waals surface area contributed by atoms with Crippen LogP contribution in [0, 0.1) is 5.92 Å². The van der Waals surface area contributed by atoms with Gasteiger partial charge in [0.2, 0.25) is 0 Å². The number of unbranched alkanes of at least 4 members (excludes halogenated alkanes) is 1. The van der Waals surface area contributed by atoms with E-state index in [9.17, 15) is 14.0 Å². The number of halogens is 1. The number of hydrogen-bond acceptors (Lipinski definition) is 4. The molecule has 1 atom stereocenters.